The first-order chi connectivity index (χ1) is 20.6. The van der Waals surface area contributed by atoms with E-state index in [0.717, 1.165) is 18.3 Å². The minimum atomic E-state index is -4.58. The molecular formula is C29H24F3N7O4. The molecule has 0 unspecified atom stereocenters. The lowest BCUT2D eigenvalue weighted by Crippen LogP contribution is -2.20. The molecule has 0 saturated carbocycles. The summed E-state index contributed by atoms with van der Waals surface area (Å²) in [5.74, 6) is -0.147. The lowest BCUT2D eigenvalue weighted by Gasteiger charge is -2.11. The predicted octanol–water partition coefficient (Wildman–Crippen LogP) is 5.89. The highest BCUT2D eigenvalue weighted by atomic mass is 19.4. The Morgan fingerprint density at radius 1 is 0.977 bits per heavy atom. The molecule has 220 valence electrons. The molecule has 14 heteroatoms. The SMILES string of the molecule is CCOC(=O)c1c(-c2ccc(NC(=O)Nc3cc(C(F)(F)F)ccn3)cc2)c2c(N)ncnn2c1-c1ccc(OC)cc1. The van der Waals surface area contributed by atoms with Gasteiger partial charge in [-0.25, -0.2) is 24.1 Å². The summed E-state index contributed by atoms with van der Waals surface area (Å²) in [4.78, 5) is 33.8. The molecule has 0 radical (unpaired) electrons. The van der Waals surface area contributed by atoms with Crippen LogP contribution >= 0.6 is 0 Å². The fourth-order valence-corrected chi connectivity index (χ4v) is 4.49. The molecule has 0 aliphatic carbocycles. The van der Waals surface area contributed by atoms with Crippen molar-refractivity contribution in [2.75, 3.05) is 30.1 Å². The molecule has 0 saturated heterocycles. The number of carbonyl (C=O) groups excluding carboxylic acids is 2. The van der Waals surface area contributed by atoms with E-state index < -0.39 is 23.7 Å². The van der Waals surface area contributed by atoms with E-state index >= 15 is 0 Å². The van der Waals surface area contributed by atoms with Crippen LogP contribution in [0.2, 0.25) is 0 Å². The second kappa shape index (κ2) is 11.7. The predicted molar refractivity (Wildman–Crippen MR) is 153 cm³/mol. The van der Waals surface area contributed by atoms with Crippen molar-refractivity contribution in [3.63, 3.8) is 0 Å². The highest BCUT2D eigenvalue weighted by molar-refractivity contribution is 6.10. The van der Waals surface area contributed by atoms with Crippen molar-refractivity contribution in [1.82, 2.24) is 19.6 Å². The molecule has 0 bridgehead atoms. The van der Waals surface area contributed by atoms with Gasteiger partial charge >= 0.3 is 18.2 Å². The van der Waals surface area contributed by atoms with E-state index in [2.05, 4.69) is 25.7 Å². The van der Waals surface area contributed by atoms with E-state index in [1.807, 2.05) is 0 Å². The van der Waals surface area contributed by atoms with Gasteiger partial charge in [0.1, 0.15) is 23.4 Å². The summed E-state index contributed by atoms with van der Waals surface area (Å²) in [6, 6.07) is 14.1. The minimum absolute atomic E-state index is 0.116. The lowest BCUT2D eigenvalue weighted by molar-refractivity contribution is -0.137. The van der Waals surface area contributed by atoms with Crippen molar-refractivity contribution >= 4 is 34.8 Å². The molecule has 0 aliphatic rings. The number of carbonyl (C=O) groups is 2. The highest BCUT2D eigenvalue weighted by Crippen LogP contribution is 2.41. The molecule has 43 heavy (non-hydrogen) atoms. The van der Waals surface area contributed by atoms with Crippen LogP contribution in [0, 0.1) is 0 Å². The van der Waals surface area contributed by atoms with Gasteiger partial charge in [0.2, 0.25) is 0 Å². The van der Waals surface area contributed by atoms with Crippen LogP contribution in [0.3, 0.4) is 0 Å². The first-order valence-corrected chi connectivity index (χ1v) is 12.8. The number of fused-ring (bicyclic) bond motifs is 1. The zero-order chi connectivity index (χ0) is 30.7. The third kappa shape index (κ3) is 5.88. The van der Waals surface area contributed by atoms with Crippen LogP contribution in [0.15, 0.2) is 73.2 Å². The standard InChI is InChI=1S/C29H24F3N7O4/c1-3-43-27(40)23-22(25-26(33)35-15-36-39(25)24(23)17-6-10-20(42-2)11-7-17)16-4-8-19(9-5-16)37-28(41)38-21-14-18(12-13-34-21)29(30,31)32/h4-15H,3H2,1-2H3,(H2,33,35,36)(H2,34,37,38,41). The van der Waals surface area contributed by atoms with E-state index in [0.29, 0.717) is 39.3 Å². The van der Waals surface area contributed by atoms with E-state index in [1.165, 1.54) is 10.8 Å². The normalized spacial score (nSPS) is 11.3. The van der Waals surface area contributed by atoms with E-state index in [-0.39, 0.29) is 23.8 Å². The smallest absolute Gasteiger partial charge is 0.416 e. The molecule has 0 aliphatic heterocycles. The number of esters is 1. The van der Waals surface area contributed by atoms with Crippen LogP contribution in [0.5, 0.6) is 5.75 Å². The van der Waals surface area contributed by atoms with Crippen LogP contribution in [-0.2, 0) is 10.9 Å². The monoisotopic (exact) mass is 591 g/mol. The molecule has 3 heterocycles. The number of hydrogen-bond acceptors (Lipinski definition) is 8. The number of nitrogens with zero attached hydrogens (tertiary/aromatic N) is 4. The van der Waals surface area contributed by atoms with Gasteiger partial charge in [0.25, 0.3) is 0 Å². The van der Waals surface area contributed by atoms with E-state index in [9.17, 15) is 22.8 Å². The summed E-state index contributed by atoms with van der Waals surface area (Å²) < 4.78 is 51.2. The molecular weight excluding hydrogens is 567 g/mol. The van der Waals surface area contributed by atoms with Crippen molar-refractivity contribution in [1.29, 1.82) is 0 Å². The number of amides is 2. The summed E-state index contributed by atoms with van der Waals surface area (Å²) in [7, 11) is 1.54. The molecule has 3 aromatic heterocycles. The number of benzene rings is 2. The molecule has 2 amide bonds. The quantitative estimate of drug-likeness (QED) is 0.199. The van der Waals surface area contributed by atoms with Crippen LogP contribution in [-0.4, -0.2) is 45.3 Å². The molecule has 5 aromatic rings. The number of nitrogens with one attached hydrogen (secondary N) is 2. The molecule has 2 aromatic carbocycles. The Bertz CT molecular complexity index is 1800. The number of halogens is 3. The summed E-state index contributed by atoms with van der Waals surface area (Å²) >= 11 is 0. The Kier molecular flexibility index (Phi) is 7.84. The Morgan fingerprint density at radius 2 is 1.67 bits per heavy atom. The van der Waals surface area contributed by atoms with E-state index in [4.69, 9.17) is 15.2 Å². The van der Waals surface area contributed by atoms with Crippen molar-refractivity contribution in [2.45, 2.75) is 13.1 Å². The number of alkyl halides is 3. The fourth-order valence-electron chi connectivity index (χ4n) is 4.49. The van der Waals surface area contributed by atoms with Gasteiger partial charge in [-0.1, -0.05) is 12.1 Å². The van der Waals surface area contributed by atoms with Gasteiger partial charge in [-0.05, 0) is 61.0 Å². The second-order valence-electron chi connectivity index (χ2n) is 9.04. The zero-order valence-corrected chi connectivity index (χ0v) is 22.8. The Hall–Kier alpha value is -5.66. The Morgan fingerprint density at radius 3 is 2.33 bits per heavy atom. The molecule has 5 rings (SSSR count). The molecule has 0 atom stereocenters. The van der Waals surface area contributed by atoms with Crippen LogP contribution < -0.4 is 21.1 Å². The highest BCUT2D eigenvalue weighted by Gasteiger charge is 2.31. The van der Waals surface area contributed by atoms with Gasteiger partial charge in [0, 0.05) is 23.0 Å². The molecule has 11 nitrogen and oxygen atoms in total. The van der Waals surface area contributed by atoms with Crippen molar-refractivity contribution in [3.05, 3.63) is 84.3 Å². The maximum Gasteiger partial charge on any atom is 0.416 e. The third-order valence-electron chi connectivity index (χ3n) is 6.36. The summed E-state index contributed by atoms with van der Waals surface area (Å²) in [6.07, 6.45) is -2.36. The maximum absolute atomic E-state index is 13.4. The number of ether oxygens (including phenoxy) is 2. The van der Waals surface area contributed by atoms with Gasteiger partial charge in [0.15, 0.2) is 5.82 Å². The number of pyridine rings is 1. The summed E-state index contributed by atoms with van der Waals surface area (Å²) in [5, 5.41) is 9.20. The van der Waals surface area contributed by atoms with Gasteiger partial charge in [-0.2, -0.15) is 18.3 Å². The van der Waals surface area contributed by atoms with Gasteiger partial charge in [-0.3, -0.25) is 5.32 Å². The largest absolute Gasteiger partial charge is 0.497 e. The molecule has 0 fully saturated rings. The molecule has 0 spiro atoms. The van der Waals surface area contributed by atoms with Gasteiger partial charge < -0.3 is 20.5 Å². The number of hydrogen-bond donors (Lipinski definition) is 3. The topological polar surface area (TPSA) is 146 Å². The lowest BCUT2D eigenvalue weighted by atomic mass is 9.98. The number of urea groups is 1. The zero-order valence-electron chi connectivity index (χ0n) is 22.8. The molecule has 4 N–H and O–H groups in total. The van der Waals surface area contributed by atoms with Gasteiger partial charge in [0.05, 0.1) is 30.5 Å². The van der Waals surface area contributed by atoms with Crippen LogP contribution in [0.25, 0.3) is 27.9 Å². The number of methoxy groups -OCH3 is 1. The number of nitrogens with two attached hydrogens (primary N) is 1. The number of aromatic nitrogens is 4. The minimum Gasteiger partial charge on any atom is -0.497 e. The third-order valence-corrected chi connectivity index (χ3v) is 6.36. The van der Waals surface area contributed by atoms with Crippen molar-refractivity contribution in [3.8, 4) is 28.1 Å². The number of rotatable bonds is 7. The summed E-state index contributed by atoms with van der Waals surface area (Å²) in [6.45, 7) is 1.81. The summed E-state index contributed by atoms with van der Waals surface area (Å²) in [5.41, 5.74) is 8.24. The van der Waals surface area contributed by atoms with E-state index in [1.54, 1.807) is 62.6 Å². The average Bonchev–Trinajstić information content (AvgIpc) is 3.34. The number of nitrogen functional groups attached to an aromatic ring is 1. The average molecular weight is 592 g/mol. The number of anilines is 3. The Balaban J connectivity index is 1.52. The first-order valence-electron chi connectivity index (χ1n) is 12.8. The van der Waals surface area contributed by atoms with Crippen molar-refractivity contribution < 1.29 is 32.2 Å². The van der Waals surface area contributed by atoms with Crippen molar-refractivity contribution in [2.24, 2.45) is 0 Å². The van der Waals surface area contributed by atoms with Crippen LogP contribution in [0.4, 0.5) is 35.3 Å². The maximum atomic E-state index is 13.4. The van der Waals surface area contributed by atoms with Crippen LogP contribution in [0.1, 0.15) is 22.8 Å². The van der Waals surface area contributed by atoms with Gasteiger partial charge in [-0.15, -0.1) is 0 Å². The second-order valence-corrected chi connectivity index (χ2v) is 9.04. The fraction of sp³-hybridized carbons (Fsp3) is 0.138. The Labute approximate surface area is 242 Å². The first kappa shape index (κ1) is 28.9.